The average molecular weight is 531 g/mol. The fourth-order valence-corrected chi connectivity index (χ4v) is 4.29. The highest BCUT2D eigenvalue weighted by atomic mass is 79.9. The van der Waals surface area contributed by atoms with E-state index in [0.717, 1.165) is 21.2 Å². The summed E-state index contributed by atoms with van der Waals surface area (Å²) in [6.45, 7) is 1.99. The van der Waals surface area contributed by atoms with Crippen LogP contribution < -0.4 is 9.47 Å². The quantitative estimate of drug-likeness (QED) is 0.285. The predicted octanol–water partition coefficient (Wildman–Crippen LogP) is 5.37. The number of para-hydroxylation sites is 1. The largest absolute Gasteiger partial charge is 0.496 e. The molecule has 0 amide bonds. The number of aromatic nitrogens is 3. The van der Waals surface area contributed by atoms with Crippen molar-refractivity contribution in [3.05, 3.63) is 76.1 Å². The Labute approximate surface area is 204 Å². The molecule has 0 fully saturated rings. The van der Waals surface area contributed by atoms with Gasteiger partial charge in [0.15, 0.2) is 0 Å². The lowest BCUT2D eigenvalue weighted by molar-refractivity contribution is -0.151. The molecule has 0 saturated heterocycles. The van der Waals surface area contributed by atoms with Gasteiger partial charge in [0.1, 0.15) is 17.6 Å². The van der Waals surface area contributed by atoms with Crippen LogP contribution >= 0.6 is 27.5 Å². The molecule has 0 bridgehead atoms. The van der Waals surface area contributed by atoms with Gasteiger partial charge in [-0.1, -0.05) is 41.9 Å². The minimum Gasteiger partial charge on any atom is -0.496 e. The van der Waals surface area contributed by atoms with Gasteiger partial charge in [0.05, 0.1) is 18.2 Å². The average Bonchev–Trinajstić information content (AvgIpc) is 3.17. The summed E-state index contributed by atoms with van der Waals surface area (Å²) < 4.78 is 19.2. The summed E-state index contributed by atoms with van der Waals surface area (Å²) in [4.78, 5) is 17.1. The number of carbonyl (C=O) groups is 1. The number of rotatable bonds is 8. The first-order valence-electron chi connectivity index (χ1n) is 10.2. The molecule has 0 aliphatic rings. The van der Waals surface area contributed by atoms with Crippen molar-refractivity contribution in [3.8, 4) is 22.8 Å². The predicted molar refractivity (Wildman–Crippen MR) is 129 cm³/mol. The summed E-state index contributed by atoms with van der Waals surface area (Å²) in [5, 5.41) is 4.95. The lowest BCUT2D eigenvalue weighted by atomic mass is 10.1. The maximum Gasteiger partial charge on any atom is 0.347 e. The normalized spacial score (nSPS) is 11.9. The molecule has 0 aliphatic carbocycles. The fourth-order valence-electron chi connectivity index (χ4n) is 3.48. The Bertz CT molecular complexity index is 1280. The number of halogens is 2. The van der Waals surface area contributed by atoms with Crippen LogP contribution in [0, 0.1) is 0 Å². The van der Waals surface area contributed by atoms with E-state index >= 15 is 0 Å². The van der Waals surface area contributed by atoms with Gasteiger partial charge in [-0.25, -0.2) is 9.31 Å². The van der Waals surface area contributed by atoms with Gasteiger partial charge in [0.2, 0.25) is 12.0 Å². The third-order valence-corrected chi connectivity index (χ3v) is 6.09. The fraction of sp³-hybridized carbons (Fsp3) is 0.208. The number of fused-ring (bicyclic) bond motifs is 1. The lowest BCUT2D eigenvalue weighted by Crippen LogP contribution is -2.32. The second-order valence-corrected chi connectivity index (χ2v) is 8.33. The van der Waals surface area contributed by atoms with Crippen molar-refractivity contribution in [2.75, 3.05) is 13.7 Å². The second-order valence-electron chi connectivity index (χ2n) is 7.10. The number of hydrogen-bond donors (Lipinski definition) is 0. The van der Waals surface area contributed by atoms with E-state index < -0.39 is 12.1 Å². The van der Waals surface area contributed by atoms with Crippen molar-refractivity contribution in [3.63, 3.8) is 0 Å². The van der Waals surface area contributed by atoms with Crippen LogP contribution in [-0.4, -0.2) is 40.4 Å². The van der Waals surface area contributed by atoms with Crippen molar-refractivity contribution in [1.29, 1.82) is 0 Å². The number of methoxy groups -OCH3 is 1. The molecule has 0 aliphatic heterocycles. The minimum atomic E-state index is -0.930. The van der Waals surface area contributed by atoms with Gasteiger partial charge in [-0.05, 0) is 52.2 Å². The summed E-state index contributed by atoms with van der Waals surface area (Å²) in [6.07, 6.45) is 2.56. The van der Waals surface area contributed by atoms with Crippen LogP contribution in [0.25, 0.3) is 16.6 Å². The number of esters is 1. The smallest absolute Gasteiger partial charge is 0.347 e. The monoisotopic (exact) mass is 529 g/mol. The van der Waals surface area contributed by atoms with E-state index in [1.54, 1.807) is 18.5 Å². The first-order valence-corrected chi connectivity index (χ1v) is 11.4. The van der Waals surface area contributed by atoms with E-state index in [1.165, 1.54) is 6.33 Å². The Morgan fingerprint density at radius 3 is 2.67 bits per heavy atom. The summed E-state index contributed by atoms with van der Waals surface area (Å²) in [5.41, 5.74) is 3.24. The highest BCUT2D eigenvalue weighted by Gasteiger charge is 2.27. The molecule has 9 heteroatoms. The molecule has 0 spiro atoms. The lowest BCUT2D eigenvalue weighted by Gasteiger charge is -2.18. The standard InChI is InChI=1S/C24H21BrClN3O4/c1-3-32-24(30)20(12-16-6-4-5-7-19(16)31-2)33-23-22-21(25)18(13-29(22)28-14-27-23)15-8-10-17(26)11-9-15/h4-11,13-14,20H,3,12H2,1-2H3. The first kappa shape index (κ1) is 23.1. The second kappa shape index (κ2) is 10.2. The van der Waals surface area contributed by atoms with Gasteiger partial charge < -0.3 is 14.2 Å². The van der Waals surface area contributed by atoms with E-state index in [-0.39, 0.29) is 18.9 Å². The van der Waals surface area contributed by atoms with E-state index in [9.17, 15) is 4.79 Å². The van der Waals surface area contributed by atoms with Crippen molar-refractivity contribution in [1.82, 2.24) is 14.6 Å². The van der Waals surface area contributed by atoms with E-state index in [1.807, 2.05) is 54.7 Å². The molecule has 1 unspecified atom stereocenters. The molecule has 170 valence electrons. The Kier molecular flexibility index (Phi) is 7.15. The van der Waals surface area contributed by atoms with Gasteiger partial charge >= 0.3 is 5.97 Å². The van der Waals surface area contributed by atoms with Crippen LogP contribution in [0.1, 0.15) is 12.5 Å². The summed E-state index contributed by atoms with van der Waals surface area (Å²) >= 11 is 9.69. The Morgan fingerprint density at radius 2 is 1.94 bits per heavy atom. The van der Waals surface area contributed by atoms with Gasteiger partial charge in [0, 0.05) is 23.2 Å². The Balaban J connectivity index is 1.72. The van der Waals surface area contributed by atoms with Crippen molar-refractivity contribution < 1.29 is 19.0 Å². The molecule has 33 heavy (non-hydrogen) atoms. The highest BCUT2D eigenvalue weighted by Crippen LogP contribution is 2.37. The molecule has 2 heterocycles. The third kappa shape index (κ3) is 4.96. The maximum absolute atomic E-state index is 12.8. The number of hydrogen-bond acceptors (Lipinski definition) is 6. The van der Waals surface area contributed by atoms with Gasteiger partial charge in [-0.3, -0.25) is 0 Å². The summed E-state index contributed by atoms with van der Waals surface area (Å²) in [5.74, 6) is 0.433. The van der Waals surface area contributed by atoms with Crippen LogP contribution in [0.5, 0.6) is 11.6 Å². The molecule has 0 radical (unpaired) electrons. The van der Waals surface area contributed by atoms with Gasteiger partial charge in [0.25, 0.3) is 0 Å². The topological polar surface area (TPSA) is 75.0 Å². The van der Waals surface area contributed by atoms with Crippen LogP contribution in [0.15, 0.2) is 65.5 Å². The number of nitrogens with zero attached hydrogens (tertiary/aromatic N) is 3. The molecule has 0 N–H and O–H groups in total. The molecule has 7 nitrogen and oxygen atoms in total. The number of benzene rings is 2. The Hall–Kier alpha value is -3.10. The zero-order valence-electron chi connectivity index (χ0n) is 18.0. The van der Waals surface area contributed by atoms with Crippen molar-refractivity contribution in [2.24, 2.45) is 0 Å². The van der Waals surface area contributed by atoms with Crippen LogP contribution in [0.3, 0.4) is 0 Å². The van der Waals surface area contributed by atoms with Crippen molar-refractivity contribution in [2.45, 2.75) is 19.4 Å². The first-order chi connectivity index (χ1) is 16.0. The zero-order valence-corrected chi connectivity index (χ0v) is 20.3. The minimum absolute atomic E-state index is 0.235. The molecular formula is C24H21BrClN3O4. The van der Waals surface area contributed by atoms with Gasteiger partial charge in [-0.15, -0.1) is 0 Å². The molecule has 2 aromatic carbocycles. The molecular weight excluding hydrogens is 510 g/mol. The van der Waals surface area contributed by atoms with Gasteiger partial charge in [-0.2, -0.15) is 10.1 Å². The third-order valence-electron chi connectivity index (χ3n) is 5.03. The summed E-state index contributed by atoms with van der Waals surface area (Å²) in [7, 11) is 1.59. The molecule has 4 aromatic rings. The molecule has 0 saturated carbocycles. The Morgan fingerprint density at radius 1 is 1.18 bits per heavy atom. The van der Waals surface area contributed by atoms with Crippen molar-refractivity contribution >= 4 is 39.0 Å². The number of ether oxygens (including phenoxy) is 3. The zero-order chi connectivity index (χ0) is 23.4. The maximum atomic E-state index is 12.8. The molecule has 1 atom stereocenters. The number of carbonyl (C=O) groups excluding carboxylic acids is 1. The van der Waals surface area contributed by atoms with Crippen LogP contribution in [-0.2, 0) is 16.0 Å². The highest BCUT2D eigenvalue weighted by molar-refractivity contribution is 9.10. The molecule has 4 rings (SSSR count). The van der Waals surface area contributed by atoms with E-state index in [2.05, 4.69) is 26.0 Å². The van der Waals surface area contributed by atoms with Crippen LogP contribution in [0.2, 0.25) is 5.02 Å². The van der Waals surface area contributed by atoms with E-state index in [4.69, 9.17) is 25.8 Å². The summed E-state index contributed by atoms with van der Waals surface area (Å²) in [6, 6.07) is 14.9. The van der Waals surface area contributed by atoms with Crippen LogP contribution in [0.4, 0.5) is 0 Å². The van der Waals surface area contributed by atoms with E-state index in [0.29, 0.717) is 16.3 Å². The SMILES string of the molecule is CCOC(=O)C(Cc1ccccc1OC)Oc1ncnn2cc(-c3ccc(Cl)cc3)c(Br)c12. The molecule has 2 aromatic heterocycles.